The van der Waals surface area contributed by atoms with Gasteiger partial charge in [0.25, 0.3) is 0 Å². The van der Waals surface area contributed by atoms with E-state index < -0.39 is 0 Å². The molecule has 0 aliphatic rings. The van der Waals surface area contributed by atoms with Crippen LogP contribution in [-0.4, -0.2) is 27.7 Å². The number of pyridine rings is 1. The molecule has 0 fully saturated rings. The Bertz CT molecular complexity index is 591. The minimum atomic E-state index is -0.0744. The molecule has 0 atom stereocenters. The highest BCUT2D eigenvalue weighted by molar-refractivity contribution is 9.10. The SMILES string of the molecule is CNC(=O)Cn1nc(C(C)C)c2c(Br)cncc21. The van der Waals surface area contributed by atoms with E-state index in [4.69, 9.17) is 0 Å². The number of hydrogen-bond donors (Lipinski definition) is 1. The molecule has 2 aromatic rings. The number of carbonyl (C=O) groups excluding carboxylic acids is 1. The summed E-state index contributed by atoms with van der Waals surface area (Å²) in [5.74, 6) is 0.215. The molecule has 2 rings (SSSR count). The average molecular weight is 311 g/mol. The number of likely N-dealkylation sites (N-methyl/N-ethyl adjacent to an activating group) is 1. The number of nitrogens with zero attached hydrogens (tertiary/aromatic N) is 3. The highest BCUT2D eigenvalue weighted by atomic mass is 79.9. The van der Waals surface area contributed by atoms with Gasteiger partial charge in [0.1, 0.15) is 6.54 Å². The van der Waals surface area contributed by atoms with Gasteiger partial charge in [-0.1, -0.05) is 13.8 Å². The topological polar surface area (TPSA) is 59.8 Å². The Hall–Kier alpha value is -1.43. The predicted molar refractivity (Wildman–Crippen MR) is 73.4 cm³/mol. The van der Waals surface area contributed by atoms with Gasteiger partial charge in [-0.25, -0.2) is 0 Å². The molecule has 5 nitrogen and oxygen atoms in total. The lowest BCUT2D eigenvalue weighted by molar-refractivity contribution is -0.121. The molecule has 0 aliphatic heterocycles. The zero-order valence-corrected chi connectivity index (χ0v) is 12.2. The number of halogens is 1. The van der Waals surface area contributed by atoms with Gasteiger partial charge < -0.3 is 5.32 Å². The second kappa shape index (κ2) is 5.06. The van der Waals surface area contributed by atoms with E-state index in [9.17, 15) is 4.79 Å². The van der Waals surface area contributed by atoms with Crippen molar-refractivity contribution in [2.75, 3.05) is 7.05 Å². The van der Waals surface area contributed by atoms with Crippen LogP contribution in [0.3, 0.4) is 0 Å². The first-order valence-electron chi connectivity index (χ1n) is 5.75. The molecule has 18 heavy (non-hydrogen) atoms. The van der Waals surface area contributed by atoms with Gasteiger partial charge in [-0.15, -0.1) is 0 Å². The highest BCUT2D eigenvalue weighted by Crippen LogP contribution is 2.30. The fraction of sp³-hybridized carbons (Fsp3) is 0.417. The van der Waals surface area contributed by atoms with E-state index in [0.717, 1.165) is 21.1 Å². The summed E-state index contributed by atoms with van der Waals surface area (Å²) in [6.45, 7) is 4.37. The van der Waals surface area contributed by atoms with Crippen LogP contribution < -0.4 is 5.32 Å². The molecule has 1 N–H and O–H groups in total. The third-order valence-electron chi connectivity index (χ3n) is 2.76. The fourth-order valence-electron chi connectivity index (χ4n) is 1.85. The summed E-state index contributed by atoms with van der Waals surface area (Å²) in [6.07, 6.45) is 3.49. The minimum Gasteiger partial charge on any atom is -0.358 e. The Labute approximate surface area is 114 Å². The van der Waals surface area contributed by atoms with Gasteiger partial charge in [-0.2, -0.15) is 5.10 Å². The molecule has 1 amide bonds. The van der Waals surface area contributed by atoms with Gasteiger partial charge in [0.2, 0.25) is 5.91 Å². The van der Waals surface area contributed by atoms with Crippen LogP contribution in [-0.2, 0) is 11.3 Å². The van der Waals surface area contributed by atoms with Crippen molar-refractivity contribution in [3.05, 3.63) is 22.6 Å². The van der Waals surface area contributed by atoms with Gasteiger partial charge >= 0.3 is 0 Å². The van der Waals surface area contributed by atoms with E-state index in [1.807, 2.05) is 0 Å². The van der Waals surface area contributed by atoms with E-state index in [-0.39, 0.29) is 18.4 Å². The van der Waals surface area contributed by atoms with Crippen LogP contribution in [0.2, 0.25) is 0 Å². The summed E-state index contributed by atoms with van der Waals surface area (Å²) < 4.78 is 2.60. The first-order chi connectivity index (χ1) is 8.54. The first-order valence-corrected chi connectivity index (χ1v) is 6.54. The maximum atomic E-state index is 11.5. The molecule has 0 bridgehead atoms. The van der Waals surface area contributed by atoms with Crippen LogP contribution in [0.15, 0.2) is 16.9 Å². The van der Waals surface area contributed by atoms with Crippen LogP contribution in [0.4, 0.5) is 0 Å². The van der Waals surface area contributed by atoms with E-state index in [2.05, 4.69) is 45.2 Å². The number of amides is 1. The first kappa shape index (κ1) is 13.0. The highest BCUT2D eigenvalue weighted by Gasteiger charge is 2.17. The van der Waals surface area contributed by atoms with Crippen molar-refractivity contribution >= 4 is 32.7 Å². The zero-order chi connectivity index (χ0) is 13.3. The Morgan fingerprint density at radius 2 is 2.22 bits per heavy atom. The van der Waals surface area contributed by atoms with E-state index in [1.54, 1.807) is 24.1 Å². The van der Waals surface area contributed by atoms with Gasteiger partial charge in [0.15, 0.2) is 0 Å². The lowest BCUT2D eigenvalue weighted by Gasteiger charge is -2.01. The quantitative estimate of drug-likeness (QED) is 0.944. The maximum Gasteiger partial charge on any atom is 0.241 e. The molecular formula is C12H15BrN4O. The van der Waals surface area contributed by atoms with Crippen molar-refractivity contribution < 1.29 is 4.79 Å². The lowest BCUT2D eigenvalue weighted by atomic mass is 10.1. The van der Waals surface area contributed by atoms with E-state index >= 15 is 0 Å². The van der Waals surface area contributed by atoms with Gasteiger partial charge in [0, 0.05) is 23.1 Å². The standard InChI is InChI=1S/C12H15BrN4O/c1-7(2)12-11-8(13)4-15-5-9(11)17(16-12)6-10(18)14-3/h4-5,7H,6H2,1-3H3,(H,14,18). The van der Waals surface area contributed by atoms with Crippen molar-refractivity contribution in [2.24, 2.45) is 0 Å². The van der Waals surface area contributed by atoms with Crippen molar-refractivity contribution in [1.29, 1.82) is 0 Å². The molecule has 2 aromatic heterocycles. The molecule has 0 unspecified atom stereocenters. The summed E-state index contributed by atoms with van der Waals surface area (Å²) in [5, 5.41) is 8.15. The van der Waals surface area contributed by atoms with Gasteiger partial charge in [0.05, 0.1) is 17.4 Å². The molecule has 96 valence electrons. The molecular weight excluding hydrogens is 296 g/mol. The summed E-state index contributed by atoms with van der Waals surface area (Å²) in [6, 6.07) is 0. The number of aromatic nitrogens is 3. The molecule has 0 saturated heterocycles. The summed E-state index contributed by atoms with van der Waals surface area (Å²) >= 11 is 3.50. The molecule has 0 saturated carbocycles. The fourth-order valence-corrected chi connectivity index (χ4v) is 2.37. The van der Waals surface area contributed by atoms with Crippen LogP contribution in [0, 0.1) is 0 Å². The van der Waals surface area contributed by atoms with Gasteiger partial charge in [-0.05, 0) is 21.8 Å². The normalized spacial score (nSPS) is 11.2. The Morgan fingerprint density at radius 3 is 2.83 bits per heavy atom. The predicted octanol–water partition coefficient (Wildman–Crippen LogP) is 2.06. The molecule has 0 aliphatic carbocycles. The third kappa shape index (κ3) is 2.25. The smallest absolute Gasteiger partial charge is 0.241 e. The second-order valence-corrected chi connectivity index (χ2v) is 5.24. The molecule has 0 radical (unpaired) electrons. The van der Waals surface area contributed by atoms with E-state index in [0.29, 0.717) is 0 Å². The Morgan fingerprint density at radius 1 is 1.50 bits per heavy atom. The lowest BCUT2D eigenvalue weighted by Crippen LogP contribution is -2.24. The number of rotatable bonds is 3. The molecule has 0 spiro atoms. The number of nitrogens with one attached hydrogen (secondary N) is 1. The number of hydrogen-bond acceptors (Lipinski definition) is 3. The van der Waals surface area contributed by atoms with Crippen molar-refractivity contribution in [1.82, 2.24) is 20.1 Å². The number of fused-ring (bicyclic) bond motifs is 1. The Kier molecular flexibility index (Phi) is 3.65. The molecule has 2 heterocycles. The van der Waals surface area contributed by atoms with Crippen molar-refractivity contribution in [3.63, 3.8) is 0 Å². The van der Waals surface area contributed by atoms with Crippen LogP contribution >= 0.6 is 15.9 Å². The third-order valence-corrected chi connectivity index (χ3v) is 3.36. The maximum absolute atomic E-state index is 11.5. The van der Waals surface area contributed by atoms with Crippen LogP contribution in [0.5, 0.6) is 0 Å². The van der Waals surface area contributed by atoms with Crippen molar-refractivity contribution in [2.45, 2.75) is 26.3 Å². The molecule has 0 aromatic carbocycles. The summed E-state index contributed by atoms with van der Waals surface area (Å²) in [7, 11) is 1.62. The van der Waals surface area contributed by atoms with Gasteiger partial charge in [-0.3, -0.25) is 14.5 Å². The largest absolute Gasteiger partial charge is 0.358 e. The van der Waals surface area contributed by atoms with Crippen LogP contribution in [0.1, 0.15) is 25.5 Å². The average Bonchev–Trinajstić information content (AvgIpc) is 2.70. The summed E-state index contributed by atoms with van der Waals surface area (Å²) in [4.78, 5) is 15.6. The Balaban J connectivity index is 2.61. The molecule has 6 heteroatoms. The summed E-state index contributed by atoms with van der Waals surface area (Å²) in [5.41, 5.74) is 1.85. The van der Waals surface area contributed by atoms with Crippen molar-refractivity contribution in [3.8, 4) is 0 Å². The monoisotopic (exact) mass is 310 g/mol. The zero-order valence-electron chi connectivity index (χ0n) is 10.6. The minimum absolute atomic E-state index is 0.0744. The van der Waals surface area contributed by atoms with E-state index in [1.165, 1.54) is 0 Å². The van der Waals surface area contributed by atoms with Crippen LogP contribution in [0.25, 0.3) is 10.9 Å². The number of carbonyl (C=O) groups is 1. The second-order valence-electron chi connectivity index (χ2n) is 4.39.